The summed E-state index contributed by atoms with van der Waals surface area (Å²) in [4.78, 5) is 23.1. The molecular formula is C21H22ClN3OS2. The number of nitrogens with zero attached hydrogens (tertiary/aromatic N) is 3. The topological polar surface area (TPSA) is 36.4 Å². The van der Waals surface area contributed by atoms with Crippen molar-refractivity contribution in [2.45, 2.75) is 18.7 Å². The third kappa shape index (κ3) is 3.73. The van der Waals surface area contributed by atoms with Crippen molar-refractivity contribution in [3.63, 3.8) is 0 Å². The van der Waals surface area contributed by atoms with E-state index in [4.69, 9.17) is 16.6 Å². The molecule has 0 bridgehead atoms. The highest BCUT2D eigenvalue weighted by atomic mass is 35.5. The molecule has 0 atom stereocenters. The maximum atomic E-state index is 13.0. The van der Waals surface area contributed by atoms with E-state index in [9.17, 15) is 4.79 Å². The number of carbonyl (C=O) groups is 1. The zero-order valence-corrected chi connectivity index (χ0v) is 18.3. The molecule has 1 aliphatic rings. The number of aromatic nitrogens is 1. The van der Waals surface area contributed by atoms with Crippen LogP contribution in [0, 0.1) is 6.92 Å². The SMILES string of the molecule is CCSc1ccccc1C(=O)N1CCN(c2nc3c(C)c(Cl)ccc3s2)CC1. The standard InChI is InChI=1S/C21H22ClN3OS2/c1-3-27-17-7-5-4-6-15(17)20(26)24-10-12-25(13-11-24)21-23-19-14(2)16(22)8-9-18(19)28-21/h4-9H,3,10-13H2,1-2H3. The molecule has 0 radical (unpaired) electrons. The van der Waals surface area contributed by atoms with E-state index >= 15 is 0 Å². The first-order chi connectivity index (χ1) is 13.6. The molecule has 1 amide bonds. The van der Waals surface area contributed by atoms with Gasteiger partial charge in [-0.2, -0.15) is 0 Å². The lowest BCUT2D eigenvalue weighted by atomic mass is 10.2. The molecule has 28 heavy (non-hydrogen) atoms. The van der Waals surface area contributed by atoms with Crippen LogP contribution in [-0.2, 0) is 0 Å². The number of fused-ring (bicyclic) bond motifs is 1. The second kappa shape index (κ2) is 8.31. The van der Waals surface area contributed by atoms with E-state index in [0.717, 1.165) is 55.2 Å². The zero-order valence-electron chi connectivity index (χ0n) is 15.9. The van der Waals surface area contributed by atoms with Gasteiger partial charge in [0, 0.05) is 36.1 Å². The number of thioether (sulfide) groups is 1. The lowest BCUT2D eigenvalue weighted by Crippen LogP contribution is -2.48. The van der Waals surface area contributed by atoms with Gasteiger partial charge in [-0.05, 0) is 42.5 Å². The summed E-state index contributed by atoms with van der Waals surface area (Å²) in [7, 11) is 0. The van der Waals surface area contributed by atoms with Gasteiger partial charge in [-0.3, -0.25) is 4.79 Å². The Morgan fingerprint density at radius 2 is 1.93 bits per heavy atom. The lowest BCUT2D eigenvalue weighted by Gasteiger charge is -2.34. The molecule has 0 N–H and O–H groups in total. The first kappa shape index (κ1) is 19.6. The smallest absolute Gasteiger partial charge is 0.255 e. The van der Waals surface area contributed by atoms with Crippen molar-refractivity contribution >= 4 is 56.0 Å². The number of carbonyl (C=O) groups excluding carboxylic acids is 1. The van der Waals surface area contributed by atoms with Crippen molar-refractivity contribution in [3.8, 4) is 0 Å². The molecule has 7 heteroatoms. The zero-order chi connectivity index (χ0) is 19.7. The fourth-order valence-corrected chi connectivity index (χ4v) is 5.45. The number of aryl methyl sites for hydroxylation is 1. The molecule has 3 aromatic rings. The number of thiazole rings is 1. The number of benzene rings is 2. The maximum Gasteiger partial charge on any atom is 0.255 e. The van der Waals surface area contributed by atoms with Crippen LogP contribution >= 0.6 is 34.7 Å². The Morgan fingerprint density at radius 3 is 2.68 bits per heavy atom. The molecule has 2 heterocycles. The summed E-state index contributed by atoms with van der Waals surface area (Å²) in [5, 5.41) is 1.76. The summed E-state index contributed by atoms with van der Waals surface area (Å²) < 4.78 is 1.15. The van der Waals surface area contributed by atoms with Crippen LogP contribution in [-0.4, -0.2) is 47.7 Å². The van der Waals surface area contributed by atoms with Gasteiger partial charge in [-0.15, -0.1) is 11.8 Å². The van der Waals surface area contributed by atoms with E-state index in [0.29, 0.717) is 13.1 Å². The molecule has 0 saturated carbocycles. The average molecular weight is 432 g/mol. The summed E-state index contributed by atoms with van der Waals surface area (Å²) in [5.41, 5.74) is 2.82. The molecule has 4 nitrogen and oxygen atoms in total. The van der Waals surface area contributed by atoms with Crippen molar-refractivity contribution in [1.82, 2.24) is 9.88 Å². The van der Waals surface area contributed by atoms with Crippen molar-refractivity contribution in [3.05, 3.63) is 52.5 Å². The van der Waals surface area contributed by atoms with Crippen LogP contribution in [0.2, 0.25) is 5.02 Å². The molecular weight excluding hydrogens is 410 g/mol. The van der Waals surface area contributed by atoms with E-state index in [1.54, 1.807) is 23.1 Å². The lowest BCUT2D eigenvalue weighted by molar-refractivity contribution is 0.0743. The normalized spacial score (nSPS) is 14.7. The summed E-state index contributed by atoms with van der Waals surface area (Å²) in [6.45, 7) is 7.12. The van der Waals surface area contributed by atoms with Crippen LogP contribution in [0.25, 0.3) is 10.2 Å². The first-order valence-corrected chi connectivity index (χ1v) is 11.6. The van der Waals surface area contributed by atoms with Crippen molar-refractivity contribution in [2.24, 2.45) is 0 Å². The highest BCUT2D eigenvalue weighted by Gasteiger charge is 2.25. The Bertz CT molecular complexity index is 1010. The highest BCUT2D eigenvalue weighted by molar-refractivity contribution is 7.99. The predicted molar refractivity (Wildman–Crippen MR) is 120 cm³/mol. The Hall–Kier alpha value is -1.76. The Morgan fingerprint density at radius 1 is 1.18 bits per heavy atom. The van der Waals surface area contributed by atoms with Crippen LogP contribution in [0.3, 0.4) is 0 Å². The molecule has 4 rings (SSSR count). The molecule has 1 aromatic heterocycles. The van der Waals surface area contributed by atoms with Crippen LogP contribution < -0.4 is 4.90 Å². The Labute approximate surface area is 178 Å². The van der Waals surface area contributed by atoms with Gasteiger partial charge in [0.15, 0.2) is 5.13 Å². The summed E-state index contributed by atoms with van der Waals surface area (Å²) in [5.74, 6) is 1.09. The van der Waals surface area contributed by atoms with Crippen LogP contribution in [0.4, 0.5) is 5.13 Å². The highest BCUT2D eigenvalue weighted by Crippen LogP contribution is 2.34. The fraction of sp³-hybridized carbons (Fsp3) is 0.333. The van der Waals surface area contributed by atoms with Gasteiger partial charge in [-0.1, -0.05) is 42.0 Å². The van der Waals surface area contributed by atoms with E-state index in [-0.39, 0.29) is 5.91 Å². The van der Waals surface area contributed by atoms with Gasteiger partial charge in [-0.25, -0.2) is 4.98 Å². The molecule has 1 saturated heterocycles. The first-order valence-electron chi connectivity index (χ1n) is 9.40. The minimum Gasteiger partial charge on any atom is -0.345 e. The van der Waals surface area contributed by atoms with E-state index in [1.165, 1.54) is 0 Å². The van der Waals surface area contributed by atoms with Crippen LogP contribution in [0.5, 0.6) is 0 Å². The van der Waals surface area contributed by atoms with Crippen molar-refractivity contribution in [2.75, 3.05) is 36.8 Å². The molecule has 146 valence electrons. The number of piperazine rings is 1. The summed E-state index contributed by atoms with van der Waals surface area (Å²) >= 11 is 9.65. The van der Waals surface area contributed by atoms with Crippen molar-refractivity contribution < 1.29 is 4.79 Å². The second-order valence-electron chi connectivity index (χ2n) is 6.72. The Balaban J connectivity index is 1.48. The van der Waals surface area contributed by atoms with E-state index in [1.807, 2.05) is 48.2 Å². The van der Waals surface area contributed by atoms with Crippen LogP contribution in [0.15, 0.2) is 41.3 Å². The third-order valence-corrected chi connectivity index (χ3v) is 7.44. The third-order valence-electron chi connectivity index (χ3n) is 4.99. The minimum atomic E-state index is 0.128. The predicted octanol–water partition coefficient (Wildman–Crippen LogP) is 5.33. The number of hydrogen-bond donors (Lipinski definition) is 0. The van der Waals surface area contributed by atoms with E-state index < -0.39 is 0 Å². The minimum absolute atomic E-state index is 0.128. The van der Waals surface area contributed by atoms with Gasteiger partial charge in [0.2, 0.25) is 0 Å². The van der Waals surface area contributed by atoms with Gasteiger partial charge in [0.1, 0.15) is 0 Å². The molecule has 0 spiro atoms. The summed E-state index contributed by atoms with van der Waals surface area (Å²) in [6, 6.07) is 11.9. The van der Waals surface area contributed by atoms with Gasteiger partial charge in [0.25, 0.3) is 5.91 Å². The number of halogens is 1. The van der Waals surface area contributed by atoms with Gasteiger partial charge in [0.05, 0.1) is 15.8 Å². The maximum absolute atomic E-state index is 13.0. The molecule has 1 aliphatic heterocycles. The fourth-order valence-electron chi connectivity index (χ4n) is 3.42. The Kier molecular flexibility index (Phi) is 5.80. The molecule has 0 unspecified atom stereocenters. The number of rotatable bonds is 4. The second-order valence-corrected chi connectivity index (χ2v) is 9.45. The number of hydrogen-bond acceptors (Lipinski definition) is 5. The average Bonchev–Trinajstić information content (AvgIpc) is 3.16. The molecule has 0 aliphatic carbocycles. The molecule has 1 fully saturated rings. The van der Waals surface area contributed by atoms with Gasteiger partial charge >= 0.3 is 0 Å². The number of anilines is 1. The summed E-state index contributed by atoms with van der Waals surface area (Å²) in [6.07, 6.45) is 0. The van der Waals surface area contributed by atoms with Crippen LogP contribution in [0.1, 0.15) is 22.8 Å². The van der Waals surface area contributed by atoms with E-state index in [2.05, 4.69) is 11.8 Å². The van der Waals surface area contributed by atoms with Crippen molar-refractivity contribution in [1.29, 1.82) is 0 Å². The quantitative estimate of drug-likeness (QED) is 0.523. The number of amides is 1. The molecule has 2 aromatic carbocycles. The largest absolute Gasteiger partial charge is 0.345 e. The monoisotopic (exact) mass is 431 g/mol. The van der Waals surface area contributed by atoms with Gasteiger partial charge < -0.3 is 9.80 Å².